The van der Waals surface area contributed by atoms with Gasteiger partial charge in [-0.1, -0.05) is 30.3 Å². The molecule has 18 heavy (non-hydrogen) atoms. The van der Waals surface area contributed by atoms with Crippen molar-refractivity contribution in [2.75, 3.05) is 13.7 Å². The van der Waals surface area contributed by atoms with Crippen LogP contribution in [0.2, 0.25) is 0 Å². The van der Waals surface area contributed by atoms with E-state index >= 15 is 0 Å². The third kappa shape index (κ3) is 4.07. The maximum absolute atomic E-state index is 9.68. The Hall–Kier alpha value is -0.940. The molecule has 1 aliphatic rings. The molecule has 1 saturated heterocycles. The van der Waals surface area contributed by atoms with Crippen LogP contribution in [0, 0.1) is 0 Å². The number of benzene rings is 1. The lowest BCUT2D eigenvalue weighted by Gasteiger charge is -2.32. The minimum absolute atomic E-state index is 0.0950. The molecule has 3 atom stereocenters. The number of aliphatic hydroxyl groups excluding tert-OH is 1. The fourth-order valence-corrected chi connectivity index (χ4v) is 2.09. The Balaban J connectivity index is 1.73. The third-order valence-electron chi connectivity index (χ3n) is 3.02. The second kappa shape index (κ2) is 6.85. The topological polar surface area (TPSA) is 47.9 Å². The van der Waals surface area contributed by atoms with Crippen LogP contribution in [0.25, 0.3) is 0 Å². The van der Waals surface area contributed by atoms with Crippen molar-refractivity contribution in [1.29, 1.82) is 0 Å². The minimum atomic E-state index is -0.367. The Morgan fingerprint density at radius 2 is 2.06 bits per heavy atom. The van der Waals surface area contributed by atoms with Gasteiger partial charge in [-0.15, -0.1) is 0 Å². The summed E-state index contributed by atoms with van der Waals surface area (Å²) in [6.45, 7) is 1.04. The molecule has 4 heteroatoms. The van der Waals surface area contributed by atoms with Crippen molar-refractivity contribution in [2.45, 2.75) is 37.9 Å². The van der Waals surface area contributed by atoms with E-state index < -0.39 is 0 Å². The zero-order valence-electron chi connectivity index (χ0n) is 10.6. The first-order valence-corrected chi connectivity index (χ1v) is 6.26. The Morgan fingerprint density at radius 3 is 2.78 bits per heavy atom. The fourth-order valence-electron chi connectivity index (χ4n) is 2.09. The van der Waals surface area contributed by atoms with Gasteiger partial charge in [0.25, 0.3) is 0 Å². The van der Waals surface area contributed by atoms with Crippen molar-refractivity contribution in [3.8, 4) is 0 Å². The van der Waals surface area contributed by atoms with Crippen LogP contribution in [0.4, 0.5) is 0 Å². The summed E-state index contributed by atoms with van der Waals surface area (Å²) in [4.78, 5) is 0. The molecule has 0 bridgehead atoms. The van der Waals surface area contributed by atoms with E-state index in [1.54, 1.807) is 7.11 Å². The molecule has 1 aromatic rings. The molecule has 1 fully saturated rings. The molecule has 0 spiro atoms. The van der Waals surface area contributed by atoms with Crippen LogP contribution in [0.3, 0.4) is 0 Å². The predicted octanol–water partition coefficient (Wildman–Crippen LogP) is 1.72. The van der Waals surface area contributed by atoms with Crippen LogP contribution in [-0.2, 0) is 20.8 Å². The van der Waals surface area contributed by atoms with Gasteiger partial charge in [-0.05, 0) is 5.56 Å². The van der Waals surface area contributed by atoms with Gasteiger partial charge < -0.3 is 19.3 Å². The molecule has 1 aromatic carbocycles. The molecule has 0 saturated carbocycles. The van der Waals surface area contributed by atoms with Crippen molar-refractivity contribution >= 4 is 0 Å². The van der Waals surface area contributed by atoms with E-state index in [9.17, 15) is 5.11 Å². The van der Waals surface area contributed by atoms with Crippen molar-refractivity contribution < 1.29 is 19.3 Å². The van der Waals surface area contributed by atoms with Crippen molar-refractivity contribution in [3.63, 3.8) is 0 Å². The summed E-state index contributed by atoms with van der Waals surface area (Å²) >= 11 is 0. The molecule has 0 aliphatic carbocycles. The molecule has 0 aromatic heterocycles. The monoisotopic (exact) mass is 252 g/mol. The van der Waals surface area contributed by atoms with E-state index in [0.717, 1.165) is 5.56 Å². The number of ether oxygens (including phenoxy) is 3. The quantitative estimate of drug-likeness (QED) is 0.866. The first-order chi connectivity index (χ1) is 8.78. The molecule has 1 N–H and O–H groups in total. The zero-order chi connectivity index (χ0) is 12.8. The number of hydrogen-bond acceptors (Lipinski definition) is 4. The lowest BCUT2D eigenvalue weighted by Crippen LogP contribution is -2.38. The average molecular weight is 252 g/mol. The Kier molecular flexibility index (Phi) is 5.13. The number of aliphatic hydroxyl groups is 1. The minimum Gasteiger partial charge on any atom is -0.393 e. The number of hydrogen-bond donors (Lipinski definition) is 1. The lowest BCUT2D eigenvalue weighted by atomic mass is 10.1. The highest BCUT2D eigenvalue weighted by Crippen LogP contribution is 2.20. The molecule has 2 rings (SSSR count). The molecule has 0 amide bonds. The lowest BCUT2D eigenvalue weighted by molar-refractivity contribution is -0.214. The highest BCUT2D eigenvalue weighted by Gasteiger charge is 2.28. The van der Waals surface area contributed by atoms with Crippen molar-refractivity contribution in [1.82, 2.24) is 0 Å². The van der Waals surface area contributed by atoms with Gasteiger partial charge in [-0.3, -0.25) is 0 Å². The Labute approximate surface area is 107 Å². The van der Waals surface area contributed by atoms with Crippen LogP contribution >= 0.6 is 0 Å². The predicted molar refractivity (Wildman–Crippen MR) is 67.0 cm³/mol. The first-order valence-electron chi connectivity index (χ1n) is 6.26. The van der Waals surface area contributed by atoms with E-state index in [-0.39, 0.29) is 18.5 Å². The molecule has 0 unspecified atom stereocenters. The average Bonchev–Trinajstić information content (AvgIpc) is 2.39. The molecule has 100 valence electrons. The summed E-state index contributed by atoms with van der Waals surface area (Å²) in [5, 5.41) is 9.68. The SMILES string of the molecule is CO[C@@H]1C[C@@H](O)C[C@H](COCc2ccccc2)O1. The van der Waals surface area contributed by atoms with Gasteiger partial charge in [0.15, 0.2) is 6.29 Å². The summed E-state index contributed by atoms with van der Waals surface area (Å²) < 4.78 is 16.4. The van der Waals surface area contributed by atoms with E-state index in [2.05, 4.69) is 0 Å². The molecule has 1 heterocycles. The van der Waals surface area contributed by atoms with Gasteiger partial charge in [0.1, 0.15) is 0 Å². The second-order valence-corrected chi connectivity index (χ2v) is 4.55. The standard InChI is InChI=1S/C14H20O4/c1-16-14-8-12(15)7-13(18-14)10-17-9-11-5-3-2-4-6-11/h2-6,12-15H,7-10H2,1H3/t12-,13+,14-/m0/s1. The summed E-state index contributed by atoms with van der Waals surface area (Å²) in [7, 11) is 1.59. The Morgan fingerprint density at radius 1 is 1.28 bits per heavy atom. The van der Waals surface area contributed by atoms with Gasteiger partial charge in [-0.25, -0.2) is 0 Å². The third-order valence-corrected chi connectivity index (χ3v) is 3.02. The van der Waals surface area contributed by atoms with Gasteiger partial charge in [0, 0.05) is 20.0 Å². The van der Waals surface area contributed by atoms with Gasteiger partial charge >= 0.3 is 0 Å². The largest absolute Gasteiger partial charge is 0.393 e. The zero-order valence-corrected chi connectivity index (χ0v) is 10.6. The van der Waals surface area contributed by atoms with E-state index in [1.165, 1.54) is 0 Å². The summed E-state index contributed by atoms with van der Waals surface area (Å²) in [5.41, 5.74) is 1.14. The summed E-state index contributed by atoms with van der Waals surface area (Å²) in [6.07, 6.45) is 0.357. The molecule has 0 radical (unpaired) electrons. The summed E-state index contributed by atoms with van der Waals surface area (Å²) in [6, 6.07) is 10.00. The van der Waals surface area contributed by atoms with Crippen LogP contribution in [0.1, 0.15) is 18.4 Å². The highest BCUT2D eigenvalue weighted by molar-refractivity contribution is 5.13. The number of rotatable bonds is 5. The van der Waals surface area contributed by atoms with E-state index in [1.807, 2.05) is 30.3 Å². The van der Waals surface area contributed by atoms with E-state index in [0.29, 0.717) is 26.1 Å². The van der Waals surface area contributed by atoms with E-state index in [4.69, 9.17) is 14.2 Å². The first kappa shape index (κ1) is 13.5. The van der Waals surface area contributed by atoms with Crippen LogP contribution in [-0.4, -0.2) is 37.3 Å². The number of methoxy groups -OCH3 is 1. The highest BCUT2D eigenvalue weighted by atomic mass is 16.7. The molecular formula is C14H20O4. The van der Waals surface area contributed by atoms with Gasteiger partial charge in [0.2, 0.25) is 0 Å². The van der Waals surface area contributed by atoms with Crippen LogP contribution < -0.4 is 0 Å². The molecule has 4 nitrogen and oxygen atoms in total. The van der Waals surface area contributed by atoms with Crippen LogP contribution in [0.15, 0.2) is 30.3 Å². The smallest absolute Gasteiger partial charge is 0.160 e. The maximum Gasteiger partial charge on any atom is 0.160 e. The fraction of sp³-hybridized carbons (Fsp3) is 0.571. The normalized spacial score (nSPS) is 28.2. The second-order valence-electron chi connectivity index (χ2n) is 4.55. The van der Waals surface area contributed by atoms with Gasteiger partial charge in [-0.2, -0.15) is 0 Å². The Bertz CT molecular complexity index is 341. The maximum atomic E-state index is 9.68. The van der Waals surface area contributed by atoms with Crippen LogP contribution in [0.5, 0.6) is 0 Å². The van der Waals surface area contributed by atoms with Gasteiger partial charge in [0.05, 0.1) is 25.4 Å². The van der Waals surface area contributed by atoms with Crippen molar-refractivity contribution in [3.05, 3.63) is 35.9 Å². The van der Waals surface area contributed by atoms with Crippen molar-refractivity contribution in [2.24, 2.45) is 0 Å². The summed E-state index contributed by atoms with van der Waals surface area (Å²) in [5.74, 6) is 0. The molecule has 1 aliphatic heterocycles. The molecular weight excluding hydrogens is 232 g/mol.